The van der Waals surface area contributed by atoms with Crippen LogP contribution >= 0.6 is 0 Å². The summed E-state index contributed by atoms with van der Waals surface area (Å²) in [5.74, 6) is 0.0752. The third-order valence-electron chi connectivity index (χ3n) is 5.38. The first-order chi connectivity index (χ1) is 14.9. The molecule has 31 heavy (non-hydrogen) atoms. The van der Waals surface area contributed by atoms with Gasteiger partial charge < -0.3 is 14.8 Å². The van der Waals surface area contributed by atoms with Crippen LogP contribution < -0.4 is 10.1 Å². The van der Waals surface area contributed by atoms with E-state index in [2.05, 4.69) is 16.4 Å². The SMILES string of the molecule is Cc1ncc(CNc2ccc(-c3ccc(C#N)cc3)cc2CF)c2c1OC(C)(C)OC2. The van der Waals surface area contributed by atoms with Crippen molar-refractivity contribution in [2.24, 2.45) is 0 Å². The number of pyridine rings is 1. The Balaban J connectivity index is 1.56. The molecule has 0 unspecified atom stereocenters. The van der Waals surface area contributed by atoms with Crippen molar-refractivity contribution in [3.8, 4) is 22.9 Å². The molecule has 1 aliphatic heterocycles. The van der Waals surface area contributed by atoms with Crippen molar-refractivity contribution in [2.75, 3.05) is 5.32 Å². The van der Waals surface area contributed by atoms with Gasteiger partial charge in [-0.05, 0) is 47.9 Å². The molecule has 5 nitrogen and oxygen atoms in total. The summed E-state index contributed by atoms with van der Waals surface area (Å²) in [5.41, 5.74) is 6.49. The third-order valence-corrected chi connectivity index (χ3v) is 5.38. The van der Waals surface area contributed by atoms with E-state index in [0.717, 1.165) is 39.4 Å². The monoisotopic (exact) mass is 417 g/mol. The highest BCUT2D eigenvalue weighted by molar-refractivity contribution is 5.69. The van der Waals surface area contributed by atoms with Crippen LogP contribution in [-0.4, -0.2) is 10.8 Å². The normalized spacial score (nSPS) is 14.3. The summed E-state index contributed by atoms with van der Waals surface area (Å²) in [6.07, 6.45) is 1.81. The van der Waals surface area contributed by atoms with E-state index in [1.54, 1.807) is 12.1 Å². The van der Waals surface area contributed by atoms with E-state index in [9.17, 15) is 4.39 Å². The van der Waals surface area contributed by atoms with E-state index in [-0.39, 0.29) is 0 Å². The van der Waals surface area contributed by atoms with Crippen molar-refractivity contribution in [3.05, 3.63) is 76.6 Å². The van der Waals surface area contributed by atoms with Crippen LogP contribution in [-0.2, 0) is 24.6 Å². The van der Waals surface area contributed by atoms with Crippen molar-refractivity contribution >= 4 is 5.69 Å². The van der Waals surface area contributed by atoms with E-state index in [0.29, 0.717) is 24.3 Å². The highest BCUT2D eigenvalue weighted by Gasteiger charge is 2.30. The Labute approximate surface area is 181 Å². The van der Waals surface area contributed by atoms with Gasteiger partial charge in [-0.15, -0.1) is 0 Å². The summed E-state index contributed by atoms with van der Waals surface area (Å²) in [4.78, 5) is 4.46. The molecular formula is C25H24FN3O2. The number of hydrogen-bond acceptors (Lipinski definition) is 5. The number of alkyl halides is 1. The first kappa shape index (κ1) is 20.8. The van der Waals surface area contributed by atoms with Crippen molar-refractivity contribution < 1.29 is 13.9 Å². The molecule has 2 aromatic carbocycles. The predicted octanol–water partition coefficient (Wildman–Crippen LogP) is 5.66. The van der Waals surface area contributed by atoms with Gasteiger partial charge in [0.15, 0.2) is 0 Å². The van der Waals surface area contributed by atoms with Gasteiger partial charge in [0.2, 0.25) is 5.79 Å². The first-order valence-electron chi connectivity index (χ1n) is 10.1. The van der Waals surface area contributed by atoms with Crippen LogP contribution in [0.2, 0.25) is 0 Å². The first-order valence-corrected chi connectivity index (χ1v) is 10.1. The molecule has 0 saturated carbocycles. The van der Waals surface area contributed by atoms with E-state index < -0.39 is 12.5 Å². The number of aromatic nitrogens is 1. The number of anilines is 1. The minimum atomic E-state index is -0.686. The number of nitrogens with one attached hydrogen (secondary N) is 1. The fraction of sp³-hybridized carbons (Fsp3) is 0.280. The molecule has 0 bridgehead atoms. The summed E-state index contributed by atoms with van der Waals surface area (Å²) in [6, 6.07) is 15.0. The number of hydrogen-bond donors (Lipinski definition) is 1. The largest absolute Gasteiger partial charge is 0.461 e. The molecule has 2 heterocycles. The van der Waals surface area contributed by atoms with Crippen LogP contribution in [0.15, 0.2) is 48.7 Å². The van der Waals surface area contributed by atoms with Gasteiger partial charge >= 0.3 is 0 Å². The predicted molar refractivity (Wildman–Crippen MR) is 117 cm³/mol. The molecule has 0 aliphatic carbocycles. The second-order valence-corrected chi connectivity index (χ2v) is 8.02. The maximum atomic E-state index is 13.8. The van der Waals surface area contributed by atoms with E-state index in [1.165, 1.54) is 0 Å². The molecule has 0 atom stereocenters. The third kappa shape index (κ3) is 4.37. The summed E-state index contributed by atoms with van der Waals surface area (Å²) < 4.78 is 25.6. The Morgan fingerprint density at radius 3 is 2.58 bits per heavy atom. The Morgan fingerprint density at radius 2 is 1.87 bits per heavy atom. The highest BCUT2D eigenvalue weighted by Crippen LogP contribution is 2.35. The van der Waals surface area contributed by atoms with Gasteiger partial charge in [-0.1, -0.05) is 18.2 Å². The lowest BCUT2D eigenvalue weighted by molar-refractivity contribution is -0.180. The standard InChI is InChI=1S/C25H24FN3O2/c1-16-24-22(15-30-25(2,3)31-24)21(13-28-16)14-29-23-9-8-19(10-20(23)11-26)18-6-4-17(12-27)5-7-18/h4-10,13,29H,11,14-15H2,1-3H3. The molecule has 1 N–H and O–H groups in total. The lowest BCUT2D eigenvalue weighted by Crippen LogP contribution is -2.36. The van der Waals surface area contributed by atoms with E-state index in [4.69, 9.17) is 14.7 Å². The van der Waals surface area contributed by atoms with Crippen LogP contribution in [0.3, 0.4) is 0 Å². The number of nitrogens with zero attached hydrogens (tertiary/aromatic N) is 2. The lowest BCUT2D eigenvalue weighted by Gasteiger charge is -2.34. The second kappa shape index (κ2) is 8.37. The summed E-state index contributed by atoms with van der Waals surface area (Å²) in [6.45, 7) is 6.01. The maximum absolute atomic E-state index is 13.8. The van der Waals surface area contributed by atoms with Gasteiger partial charge in [-0.2, -0.15) is 5.26 Å². The number of nitriles is 1. The van der Waals surface area contributed by atoms with Crippen LogP contribution in [0, 0.1) is 18.3 Å². The molecule has 3 aromatic rings. The van der Waals surface area contributed by atoms with Gasteiger partial charge in [0, 0.05) is 43.4 Å². The zero-order chi connectivity index (χ0) is 22.0. The molecule has 4 rings (SSSR count). The van der Waals surface area contributed by atoms with Gasteiger partial charge in [0.1, 0.15) is 12.4 Å². The number of rotatable bonds is 5. The van der Waals surface area contributed by atoms with Crippen LogP contribution in [0.1, 0.15) is 41.8 Å². The number of ether oxygens (including phenoxy) is 2. The summed E-state index contributed by atoms with van der Waals surface area (Å²) in [7, 11) is 0. The zero-order valence-electron chi connectivity index (χ0n) is 17.8. The molecule has 158 valence electrons. The molecule has 0 fully saturated rings. The topological polar surface area (TPSA) is 67.2 Å². The average Bonchev–Trinajstić information content (AvgIpc) is 2.78. The Hall–Kier alpha value is -3.43. The molecule has 6 heteroatoms. The van der Waals surface area contributed by atoms with Crippen molar-refractivity contribution in [1.29, 1.82) is 5.26 Å². The lowest BCUT2D eigenvalue weighted by atomic mass is 10.0. The fourth-order valence-corrected chi connectivity index (χ4v) is 3.63. The van der Waals surface area contributed by atoms with E-state index in [1.807, 2.05) is 57.3 Å². The smallest absolute Gasteiger partial charge is 0.205 e. The van der Waals surface area contributed by atoms with Gasteiger partial charge in [0.05, 0.1) is 23.9 Å². The number of fused-ring (bicyclic) bond motifs is 1. The number of aryl methyl sites for hydroxylation is 1. The highest BCUT2D eigenvalue weighted by atomic mass is 19.1. The molecular weight excluding hydrogens is 393 g/mol. The molecule has 1 aromatic heterocycles. The van der Waals surface area contributed by atoms with Crippen LogP contribution in [0.5, 0.6) is 5.75 Å². The average molecular weight is 417 g/mol. The van der Waals surface area contributed by atoms with Gasteiger partial charge in [0.25, 0.3) is 0 Å². The Kier molecular flexibility index (Phi) is 5.62. The fourth-order valence-electron chi connectivity index (χ4n) is 3.63. The minimum absolute atomic E-state index is 0.441. The summed E-state index contributed by atoms with van der Waals surface area (Å²) in [5, 5.41) is 12.3. The van der Waals surface area contributed by atoms with Crippen molar-refractivity contribution in [1.82, 2.24) is 4.98 Å². The maximum Gasteiger partial charge on any atom is 0.205 e. The molecule has 0 saturated heterocycles. The molecule has 0 radical (unpaired) electrons. The Morgan fingerprint density at radius 1 is 1.13 bits per heavy atom. The van der Waals surface area contributed by atoms with Crippen LogP contribution in [0.25, 0.3) is 11.1 Å². The second-order valence-electron chi connectivity index (χ2n) is 8.02. The molecule has 0 amide bonds. The minimum Gasteiger partial charge on any atom is -0.461 e. The van der Waals surface area contributed by atoms with Crippen molar-refractivity contribution in [2.45, 2.75) is 46.4 Å². The number of benzene rings is 2. The summed E-state index contributed by atoms with van der Waals surface area (Å²) >= 11 is 0. The van der Waals surface area contributed by atoms with Crippen molar-refractivity contribution in [3.63, 3.8) is 0 Å². The van der Waals surface area contributed by atoms with E-state index >= 15 is 0 Å². The number of halogens is 1. The van der Waals surface area contributed by atoms with Gasteiger partial charge in [-0.3, -0.25) is 4.98 Å². The molecule has 0 spiro atoms. The zero-order valence-corrected chi connectivity index (χ0v) is 17.8. The molecule has 1 aliphatic rings. The Bertz CT molecular complexity index is 1150. The quantitative estimate of drug-likeness (QED) is 0.581. The van der Waals surface area contributed by atoms with Crippen LogP contribution in [0.4, 0.5) is 10.1 Å². The van der Waals surface area contributed by atoms with Gasteiger partial charge in [-0.25, -0.2) is 4.39 Å².